The van der Waals surface area contributed by atoms with Gasteiger partial charge in [0, 0.05) is 31.0 Å². The summed E-state index contributed by atoms with van der Waals surface area (Å²) in [5.41, 5.74) is -0.867. The molecule has 0 N–H and O–H groups in total. The van der Waals surface area contributed by atoms with Gasteiger partial charge in [-0.2, -0.15) is 9.97 Å². The molecule has 1 unspecified atom stereocenters. The average Bonchev–Trinajstić information content (AvgIpc) is 3.36. The zero-order chi connectivity index (χ0) is 18.1. The van der Waals surface area contributed by atoms with Crippen molar-refractivity contribution in [3.63, 3.8) is 0 Å². The summed E-state index contributed by atoms with van der Waals surface area (Å²) in [6.07, 6.45) is 0.286. The van der Waals surface area contributed by atoms with Crippen LogP contribution in [0.25, 0.3) is 11.4 Å². The third-order valence-electron chi connectivity index (χ3n) is 4.50. The van der Waals surface area contributed by atoms with Gasteiger partial charge in [0.25, 0.3) is 5.89 Å². The second kappa shape index (κ2) is 6.60. The zero-order valence-electron chi connectivity index (χ0n) is 14.7. The molecule has 7 nitrogen and oxygen atoms in total. The molecular formula is C18H20FN5O2. The Bertz CT molecular complexity index is 879. The van der Waals surface area contributed by atoms with Gasteiger partial charge in [-0.05, 0) is 0 Å². The van der Waals surface area contributed by atoms with Gasteiger partial charge in [-0.25, -0.2) is 4.39 Å². The summed E-state index contributed by atoms with van der Waals surface area (Å²) >= 11 is 0. The zero-order valence-corrected chi connectivity index (χ0v) is 14.7. The molecule has 1 aliphatic rings. The molecule has 8 heteroatoms. The van der Waals surface area contributed by atoms with Crippen molar-refractivity contribution < 1.29 is 13.4 Å². The summed E-state index contributed by atoms with van der Waals surface area (Å²) < 4.78 is 25.8. The molecule has 0 spiro atoms. The summed E-state index contributed by atoms with van der Waals surface area (Å²) in [6, 6.07) is 9.39. The van der Waals surface area contributed by atoms with E-state index in [0.717, 1.165) is 5.56 Å². The van der Waals surface area contributed by atoms with Gasteiger partial charge in [-0.1, -0.05) is 54.5 Å². The fourth-order valence-corrected chi connectivity index (χ4v) is 3.03. The van der Waals surface area contributed by atoms with Gasteiger partial charge >= 0.3 is 0 Å². The number of likely N-dealkylation sites (tertiary alicyclic amines) is 1. The van der Waals surface area contributed by atoms with Crippen LogP contribution in [0.5, 0.6) is 0 Å². The van der Waals surface area contributed by atoms with E-state index < -0.39 is 5.67 Å². The highest BCUT2D eigenvalue weighted by Gasteiger charge is 2.45. The van der Waals surface area contributed by atoms with Crippen molar-refractivity contribution in [1.82, 2.24) is 25.2 Å². The third-order valence-corrected chi connectivity index (χ3v) is 4.50. The number of nitrogens with zero attached hydrogens (tertiary/aromatic N) is 5. The topological polar surface area (TPSA) is 81.1 Å². The second-order valence-corrected chi connectivity index (χ2v) is 6.92. The molecule has 0 saturated carbocycles. The minimum Gasteiger partial charge on any atom is -0.338 e. The Hall–Kier alpha value is -2.61. The van der Waals surface area contributed by atoms with Crippen LogP contribution >= 0.6 is 0 Å². The van der Waals surface area contributed by atoms with Gasteiger partial charge in [-0.15, -0.1) is 0 Å². The fraction of sp³-hybridized carbons (Fsp3) is 0.444. The summed E-state index contributed by atoms with van der Waals surface area (Å²) in [7, 11) is 0. The van der Waals surface area contributed by atoms with E-state index in [4.69, 9.17) is 9.05 Å². The minimum absolute atomic E-state index is 0.0206. The van der Waals surface area contributed by atoms with Gasteiger partial charge in [0.1, 0.15) is 0 Å². The van der Waals surface area contributed by atoms with Gasteiger partial charge in [0.15, 0.2) is 5.82 Å². The third kappa shape index (κ3) is 3.24. The molecule has 1 aliphatic heterocycles. The Morgan fingerprint density at radius 1 is 1.15 bits per heavy atom. The van der Waals surface area contributed by atoms with E-state index in [9.17, 15) is 0 Å². The summed E-state index contributed by atoms with van der Waals surface area (Å²) in [4.78, 5) is 10.5. The molecule has 26 heavy (non-hydrogen) atoms. The largest absolute Gasteiger partial charge is 0.338 e. The van der Waals surface area contributed by atoms with Crippen LogP contribution in [-0.2, 0) is 12.2 Å². The van der Waals surface area contributed by atoms with Crippen molar-refractivity contribution in [1.29, 1.82) is 0 Å². The maximum Gasteiger partial charge on any atom is 0.266 e. The number of rotatable bonds is 5. The first kappa shape index (κ1) is 16.8. The summed E-state index contributed by atoms with van der Waals surface area (Å²) in [5.74, 6) is 1.77. The molecular weight excluding hydrogens is 337 g/mol. The van der Waals surface area contributed by atoms with E-state index in [1.807, 2.05) is 49.1 Å². The van der Waals surface area contributed by atoms with Crippen molar-refractivity contribution in [3.8, 4) is 11.4 Å². The van der Waals surface area contributed by atoms with Crippen LogP contribution in [0.1, 0.15) is 43.8 Å². The standard InChI is InChI=1S/C18H20FN5O2/c1-12(2)15-20-14(25-22-15)10-24-9-8-18(19,11-24)17-21-16(23-26-17)13-6-4-3-5-7-13/h3-7,12H,8-11H2,1-2H3. The molecule has 2 aromatic heterocycles. The van der Waals surface area contributed by atoms with Gasteiger partial charge in [0.05, 0.1) is 6.54 Å². The lowest BCUT2D eigenvalue weighted by Crippen LogP contribution is -2.27. The van der Waals surface area contributed by atoms with Crippen molar-refractivity contribution in [2.24, 2.45) is 0 Å². The summed E-state index contributed by atoms with van der Waals surface area (Å²) in [6.45, 7) is 5.11. The van der Waals surface area contributed by atoms with E-state index in [-0.39, 0.29) is 24.8 Å². The molecule has 0 radical (unpaired) electrons. The van der Waals surface area contributed by atoms with Gasteiger partial charge in [0.2, 0.25) is 17.4 Å². The first-order chi connectivity index (χ1) is 12.5. The van der Waals surface area contributed by atoms with Crippen LogP contribution in [0.2, 0.25) is 0 Å². The number of benzene rings is 1. The molecule has 136 valence electrons. The number of hydrogen-bond donors (Lipinski definition) is 0. The van der Waals surface area contributed by atoms with E-state index >= 15 is 4.39 Å². The summed E-state index contributed by atoms with van der Waals surface area (Å²) in [5, 5.41) is 7.86. The molecule has 4 rings (SSSR count). The minimum atomic E-state index is -1.67. The first-order valence-electron chi connectivity index (χ1n) is 8.67. The van der Waals surface area contributed by atoms with Crippen molar-refractivity contribution >= 4 is 0 Å². The van der Waals surface area contributed by atoms with Crippen molar-refractivity contribution in [2.75, 3.05) is 13.1 Å². The predicted molar refractivity (Wildman–Crippen MR) is 90.8 cm³/mol. The maximum atomic E-state index is 15.4. The molecule has 3 heterocycles. The highest BCUT2D eigenvalue weighted by atomic mass is 19.1. The van der Waals surface area contributed by atoms with Gasteiger partial charge < -0.3 is 9.05 Å². The van der Waals surface area contributed by atoms with E-state index in [1.54, 1.807) is 0 Å². The van der Waals surface area contributed by atoms with Gasteiger partial charge in [-0.3, -0.25) is 4.90 Å². The lowest BCUT2D eigenvalue weighted by molar-refractivity contribution is 0.112. The molecule has 3 aromatic rings. The average molecular weight is 357 g/mol. The van der Waals surface area contributed by atoms with Crippen LogP contribution < -0.4 is 0 Å². The molecule has 0 aliphatic carbocycles. The maximum absolute atomic E-state index is 15.4. The van der Waals surface area contributed by atoms with Crippen LogP contribution in [0.4, 0.5) is 4.39 Å². The number of hydrogen-bond acceptors (Lipinski definition) is 7. The Morgan fingerprint density at radius 3 is 2.69 bits per heavy atom. The first-order valence-corrected chi connectivity index (χ1v) is 8.67. The van der Waals surface area contributed by atoms with Crippen LogP contribution in [0.3, 0.4) is 0 Å². The lowest BCUT2D eigenvalue weighted by atomic mass is 10.1. The molecule has 1 saturated heterocycles. The van der Waals surface area contributed by atoms with Crippen LogP contribution in [0.15, 0.2) is 39.4 Å². The predicted octanol–water partition coefficient (Wildman–Crippen LogP) is 3.31. The second-order valence-electron chi connectivity index (χ2n) is 6.92. The Morgan fingerprint density at radius 2 is 1.96 bits per heavy atom. The van der Waals surface area contributed by atoms with Crippen molar-refractivity contribution in [2.45, 2.75) is 38.4 Å². The van der Waals surface area contributed by atoms with E-state index in [0.29, 0.717) is 30.6 Å². The molecule has 1 aromatic carbocycles. The number of alkyl halides is 1. The van der Waals surface area contributed by atoms with E-state index in [2.05, 4.69) is 20.3 Å². The number of aromatic nitrogens is 4. The van der Waals surface area contributed by atoms with Crippen molar-refractivity contribution in [3.05, 3.63) is 47.9 Å². The monoisotopic (exact) mass is 357 g/mol. The molecule has 0 bridgehead atoms. The SMILES string of the molecule is CC(C)c1noc(CN2CCC(F)(c3nc(-c4ccccc4)no3)C2)n1. The Kier molecular flexibility index (Phi) is 4.28. The highest BCUT2D eigenvalue weighted by molar-refractivity contribution is 5.53. The van der Waals surface area contributed by atoms with Crippen LogP contribution in [0, 0.1) is 0 Å². The van der Waals surface area contributed by atoms with E-state index in [1.165, 1.54) is 0 Å². The molecule has 0 amide bonds. The van der Waals surface area contributed by atoms with Crippen LogP contribution in [-0.4, -0.2) is 38.3 Å². The number of halogens is 1. The quantitative estimate of drug-likeness (QED) is 0.693. The normalized spacial score (nSPS) is 20.9. The lowest BCUT2D eigenvalue weighted by Gasteiger charge is -2.15. The molecule has 1 fully saturated rings. The smallest absolute Gasteiger partial charge is 0.266 e. The highest BCUT2D eigenvalue weighted by Crippen LogP contribution is 2.36. The Balaban J connectivity index is 1.46. The molecule has 1 atom stereocenters. The Labute approximate surface area is 150 Å². The fourth-order valence-electron chi connectivity index (χ4n) is 3.03.